The lowest BCUT2D eigenvalue weighted by Crippen LogP contribution is -2.13. The summed E-state index contributed by atoms with van der Waals surface area (Å²) in [6.45, 7) is 0. The van der Waals surface area contributed by atoms with Gasteiger partial charge in [0.2, 0.25) is 0 Å². The summed E-state index contributed by atoms with van der Waals surface area (Å²) < 4.78 is 5.15. The van der Waals surface area contributed by atoms with Gasteiger partial charge in [0.25, 0.3) is 5.91 Å². The van der Waals surface area contributed by atoms with Crippen LogP contribution >= 0.6 is 23.2 Å². The lowest BCUT2D eigenvalue weighted by molar-refractivity contribution is 0.102. The van der Waals surface area contributed by atoms with E-state index >= 15 is 0 Å². The minimum Gasteiger partial charge on any atom is -0.497 e. The summed E-state index contributed by atoms with van der Waals surface area (Å²) in [5.74, 6) is 0.312. The van der Waals surface area contributed by atoms with Gasteiger partial charge in [0, 0.05) is 23.6 Å². The van der Waals surface area contributed by atoms with Crippen LogP contribution in [0.1, 0.15) is 10.5 Å². The standard InChI is InChI=1S/C19H15Cl2N3O2/c1-26-14-5-2-4-12(10-14)24-19(25)17-11-13(8-9-22-17)23-18-15(20)6-3-7-16(18)21/h2-11H,1H3,(H,22,23)(H,24,25). The van der Waals surface area contributed by atoms with E-state index in [1.165, 1.54) is 6.20 Å². The Morgan fingerprint density at radius 2 is 1.73 bits per heavy atom. The van der Waals surface area contributed by atoms with E-state index in [4.69, 9.17) is 27.9 Å². The summed E-state index contributed by atoms with van der Waals surface area (Å²) >= 11 is 12.3. The van der Waals surface area contributed by atoms with Gasteiger partial charge in [0.1, 0.15) is 11.4 Å². The Kier molecular flexibility index (Phi) is 5.61. The number of amides is 1. The fourth-order valence-electron chi connectivity index (χ4n) is 2.29. The summed E-state index contributed by atoms with van der Waals surface area (Å²) in [5, 5.41) is 6.87. The lowest BCUT2D eigenvalue weighted by Gasteiger charge is -2.11. The van der Waals surface area contributed by atoms with Crippen molar-refractivity contribution in [3.63, 3.8) is 0 Å². The van der Waals surface area contributed by atoms with Gasteiger partial charge in [-0.3, -0.25) is 9.78 Å². The average molecular weight is 388 g/mol. The number of benzene rings is 2. The van der Waals surface area contributed by atoms with Crippen LogP contribution in [0.25, 0.3) is 0 Å². The van der Waals surface area contributed by atoms with E-state index in [-0.39, 0.29) is 11.6 Å². The predicted molar refractivity (Wildman–Crippen MR) is 105 cm³/mol. The van der Waals surface area contributed by atoms with E-state index in [0.29, 0.717) is 32.9 Å². The van der Waals surface area contributed by atoms with Crippen molar-refractivity contribution in [1.82, 2.24) is 4.98 Å². The zero-order chi connectivity index (χ0) is 18.5. The first kappa shape index (κ1) is 18.0. The predicted octanol–water partition coefficient (Wildman–Crippen LogP) is 5.39. The Bertz CT molecular complexity index is 927. The van der Waals surface area contributed by atoms with Gasteiger partial charge in [-0.25, -0.2) is 0 Å². The molecule has 3 rings (SSSR count). The summed E-state index contributed by atoms with van der Waals surface area (Å²) in [6.07, 6.45) is 1.54. The van der Waals surface area contributed by atoms with E-state index in [1.54, 1.807) is 61.7 Å². The molecule has 2 N–H and O–H groups in total. The molecule has 0 radical (unpaired) electrons. The summed E-state index contributed by atoms with van der Waals surface area (Å²) in [6, 6.07) is 15.6. The number of nitrogens with one attached hydrogen (secondary N) is 2. The van der Waals surface area contributed by atoms with Crippen molar-refractivity contribution in [3.05, 3.63) is 76.5 Å². The first-order valence-corrected chi connectivity index (χ1v) is 8.45. The average Bonchev–Trinajstić information content (AvgIpc) is 2.65. The molecule has 0 unspecified atom stereocenters. The van der Waals surface area contributed by atoms with Crippen LogP contribution in [0.5, 0.6) is 5.75 Å². The highest BCUT2D eigenvalue weighted by molar-refractivity contribution is 6.39. The van der Waals surface area contributed by atoms with Gasteiger partial charge in [-0.15, -0.1) is 0 Å². The van der Waals surface area contributed by atoms with Gasteiger partial charge in [-0.05, 0) is 36.4 Å². The van der Waals surface area contributed by atoms with Crippen LogP contribution in [-0.2, 0) is 0 Å². The topological polar surface area (TPSA) is 63.2 Å². The number of para-hydroxylation sites is 1. The van der Waals surface area contributed by atoms with Crippen molar-refractivity contribution in [3.8, 4) is 5.75 Å². The molecule has 1 heterocycles. The monoisotopic (exact) mass is 387 g/mol. The molecule has 1 amide bonds. The Labute approximate surface area is 160 Å². The minimum absolute atomic E-state index is 0.251. The molecule has 2 aromatic carbocycles. The first-order chi connectivity index (χ1) is 12.6. The molecule has 0 fully saturated rings. The second kappa shape index (κ2) is 8.08. The Hall–Kier alpha value is -2.76. The number of aromatic nitrogens is 1. The number of hydrogen-bond donors (Lipinski definition) is 2. The highest BCUT2D eigenvalue weighted by Gasteiger charge is 2.11. The molecule has 7 heteroatoms. The van der Waals surface area contributed by atoms with Crippen LogP contribution in [0.2, 0.25) is 10.0 Å². The maximum Gasteiger partial charge on any atom is 0.274 e. The van der Waals surface area contributed by atoms with Crippen molar-refractivity contribution in [2.45, 2.75) is 0 Å². The third kappa shape index (κ3) is 4.25. The number of anilines is 3. The molecule has 132 valence electrons. The molecule has 0 spiro atoms. The molecule has 3 aromatic rings. The number of methoxy groups -OCH3 is 1. The van der Waals surface area contributed by atoms with Gasteiger partial charge < -0.3 is 15.4 Å². The maximum atomic E-state index is 12.5. The molecule has 0 aliphatic rings. The first-order valence-electron chi connectivity index (χ1n) is 7.69. The van der Waals surface area contributed by atoms with Crippen molar-refractivity contribution < 1.29 is 9.53 Å². The number of halogens is 2. The fourth-order valence-corrected chi connectivity index (χ4v) is 2.78. The molecule has 0 aliphatic carbocycles. The molecule has 0 saturated carbocycles. The molecule has 0 saturated heterocycles. The number of ether oxygens (including phenoxy) is 1. The van der Waals surface area contributed by atoms with Crippen molar-refractivity contribution in [2.24, 2.45) is 0 Å². The highest BCUT2D eigenvalue weighted by Crippen LogP contribution is 2.32. The van der Waals surface area contributed by atoms with E-state index < -0.39 is 0 Å². The summed E-state index contributed by atoms with van der Waals surface area (Å²) in [7, 11) is 1.57. The number of rotatable bonds is 5. The van der Waals surface area contributed by atoms with Gasteiger partial charge in [-0.1, -0.05) is 35.3 Å². The summed E-state index contributed by atoms with van der Waals surface area (Å²) in [4.78, 5) is 16.6. The number of pyridine rings is 1. The van der Waals surface area contributed by atoms with Crippen molar-refractivity contribution in [1.29, 1.82) is 0 Å². The molecular formula is C19H15Cl2N3O2. The SMILES string of the molecule is COc1cccc(NC(=O)c2cc(Nc3c(Cl)cccc3Cl)ccn2)c1. The zero-order valence-corrected chi connectivity index (χ0v) is 15.3. The minimum atomic E-state index is -0.341. The smallest absolute Gasteiger partial charge is 0.274 e. The molecule has 26 heavy (non-hydrogen) atoms. The zero-order valence-electron chi connectivity index (χ0n) is 13.8. The molecule has 0 aliphatic heterocycles. The van der Waals surface area contributed by atoms with Gasteiger partial charge in [0.05, 0.1) is 22.8 Å². The number of carbonyl (C=O) groups excluding carboxylic acids is 1. The van der Waals surface area contributed by atoms with E-state index in [2.05, 4.69) is 15.6 Å². The third-order valence-electron chi connectivity index (χ3n) is 3.55. The number of carbonyl (C=O) groups is 1. The largest absolute Gasteiger partial charge is 0.497 e. The molecule has 5 nitrogen and oxygen atoms in total. The van der Waals surface area contributed by atoms with Gasteiger partial charge in [0.15, 0.2) is 0 Å². The van der Waals surface area contributed by atoms with E-state index in [9.17, 15) is 4.79 Å². The Balaban J connectivity index is 1.79. The van der Waals surface area contributed by atoms with Crippen LogP contribution in [0.3, 0.4) is 0 Å². The number of nitrogens with zero attached hydrogens (tertiary/aromatic N) is 1. The molecule has 0 atom stereocenters. The van der Waals surface area contributed by atoms with Crippen LogP contribution in [0.4, 0.5) is 17.1 Å². The van der Waals surface area contributed by atoms with Gasteiger partial charge >= 0.3 is 0 Å². The van der Waals surface area contributed by atoms with Crippen LogP contribution in [0.15, 0.2) is 60.8 Å². The fraction of sp³-hybridized carbons (Fsp3) is 0.0526. The Morgan fingerprint density at radius 1 is 1.00 bits per heavy atom. The van der Waals surface area contributed by atoms with Crippen molar-refractivity contribution in [2.75, 3.05) is 17.7 Å². The van der Waals surface area contributed by atoms with Crippen LogP contribution in [-0.4, -0.2) is 18.0 Å². The summed E-state index contributed by atoms with van der Waals surface area (Å²) in [5.41, 5.74) is 2.08. The molecule has 1 aromatic heterocycles. The van der Waals surface area contributed by atoms with Crippen LogP contribution in [0, 0.1) is 0 Å². The lowest BCUT2D eigenvalue weighted by atomic mass is 10.2. The molecular weight excluding hydrogens is 373 g/mol. The normalized spacial score (nSPS) is 10.3. The number of hydrogen-bond acceptors (Lipinski definition) is 4. The van der Waals surface area contributed by atoms with E-state index in [0.717, 1.165) is 0 Å². The van der Waals surface area contributed by atoms with Crippen LogP contribution < -0.4 is 15.4 Å². The van der Waals surface area contributed by atoms with Gasteiger partial charge in [-0.2, -0.15) is 0 Å². The quantitative estimate of drug-likeness (QED) is 0.615. The highest BCUT2D eigenvalue weighted by atomic mass is 35.5. The van der Waals surface area contributed by atoms with E-state index in [1.807, 2.05) is 0 Å². The second-order valence-electron chi connectivity index (χ2n) is 5.34. The Morgan fingerprint density at radius 3 is 2.46 bits per heavy atom. The van der Waals surface area contributed by atoms with Crippen molar-refractivity contribution >= 4 is 46.2 Å². The second-order valence-corrected chi connectivity index (χ2v) is 6.15. The maximum absolute atomic E-state index is 12.5. The molecule has 0 bridgehead atoms. The third-order valence-corrected chi connectivity index (χ3v) is 4.18.